The van der Waals surface area contributed by atoms with Crippen LogP contribution < -0.4 is 10.6 Å². The molecule has 0 aliphatic rings. The number of aromatic nitrogens is 1. The van der Waals surface area contributed by atoms with Crippen LogP contribution >= 0.6 is 0 Å². The lowest BCUT2D eigenvalue weighted by Crippen LogP contribution is -2.15. The molecule has 2 N–H and O–H groups in total. The van der Waals surface area contributed by atoms with Crippen molar-refractivity contribution in [3.8, 4) is 0 Å². The Labute approximate surface area is 110 Å². The van der Waals surface area contributed by atoms with E-state index < -0.39 is 11.7 Å². The van der Waals surface area contributed by atoms with Gasteiger partial charge in [0.1, 0.15) is 0 Å². The number of hydrogen-bond donors (Lipinski definition) is 2. The quantitative estimate of drug-likeness (QED) is 0.891. The van der Waals surface area contributed by atoms with E-state index in [0.29, 0.717) is 5.69 Å². The second-order valence-corrected chi connectivity index (χ2v) is 4.04. The first kappa shape index (κ1) is 13.0. The Morgan fingerprint density at radius 3 is 2.68 bits per heavy atom. The second kappa shape index (κ2) is 5.48. The van der Waals surface area contributed by atoms with E-state index >= 15 is 0 Å². The van der Waals surface area contributed by atoms with Crippen molar-refractivity contribution in [2.75, 3.05) is 17.7 Å². The summed E-state index contributed by atoms with van der Waals surface area (Å²) in [4.78, 5) is 15.8. The maximum Gasteiger partial charge on any atom is 0.258 e. The van der Waals surface area contributed by atoms with Gasteiger partial charge in [-0.25, -0.2) is 9.37 Å². The van der Waals surface area contributed by atoms with Crippen LogP contribution in [0.5, 0.6) is 0 Å². The van der Waals surface area contributed by atoms with Crippen LogP contribution in [0.1, 0.15) is 15.9 Å². The first-order valence-electron chi connectivity index (χ1n) is 5.82. The van der Waals surface area contributed by atoms with Crippen LogP contribution in [0.2, 0.25) is 0 Å². The van der Waals surface area contributed by atoms with Crippen molar-refractivity contribution in [3.63, 3.8) is 0 Å². The van der Waals surface area contributed by atoms with E-state index in [1.165, 1.54) is 12.3 Å². The molecule has 4 nitrogen and oxygen atoms in total. The number of nitrogens with one attached hydrogen (secondary N) is 2. The molecule has 19 heavy (non-hydrogen) atoms. The van der Waals surface area contributed by atoms with Crippen LogP contribution in [-0.4, -0.2) is 17.9 Å². The SMILES string of the molecule is CNc1nccc(C(=O)Nc2ccccc2C)c1F. The molecule has 0 fully saturated rings. The minimum absolute atomic E-state index is 0.0393. The van der Waals surface area contributed by atoms with Crippen LogP contribution in [0, 0.1) is 12.7 Å². The van der Waals surface area contributed by atoms with Gasteiger partial charge in [0.25, 0.3) is 5.91 Å². The number of pyridine rings is 1. The number of amides is 1. The number of carbonyl (C=O) groups is 1. The Balaban J connectivity index is 2.28. The van der Waals surface area contributed by atoms with Crippen molar-refractivity contribution in [2.24, 2.45) is 0 Å². The zero-order chi connectivity index (χ0) is 13.8. The number of aryl methyl sites for hydroxylation is 1. The molecule has 98 valence electrons. The van der Waals surface area contributed by atoms with Crippen LogP contribution in [0.25, 0.3) is 0 Å². The van der Waals surface area contributed by atoms with Gasteiger partial charge in [-0.05, 0) is 24.6 Å². The van der Waals surface area contributed by atoms with Gasteiger partial charge in [0.15, 0.2) is 11.6 Å². The van der Waals surface area contributed by atoms with Crippen molar-refractivity contribution in [1.29, 1.82) is 0 Å². The smallest absolute Gasteiger partial charge is 0.258 e. The Bertz CT molecular complexity index is 613. The third-order valence-corrected chi connectivity index (χ3v) is 2.76. The Kier molecular flexibility index (Phi) is 3.75. The van der Waals surface area contributed by atoms with Gasteiger partial charge in [0.2, 0.25) is 0 Å². The average molecular weight is 259 g/mol. The number of para-hydroxylation sites is 1. The van der Waals surface area contributed by atoms with Gasteiger partial charge in [-0.2, -0.15) is 0 Å². The van der Waals surface area contributed by atoms with Crippen LogP contribution in [0.3, 0.4) is 0 Å². The minimum atomic E-state index is -0.656. The van der Waals surface area contributed by atoms with E-state index in [9.17, 15) is 9.18 Å². The number of rotatable bonds is 3. The molecule has 5 heteroatoms. The largest absolute Gasteiger partial charge is 0.371 e. The monoisotopic (exact) mass is 259 g/mol. The predicted molar refractivity (Wildman–Crippen MR) is 72.9 cm³/mol. The van der Waals surface area contributed by atoms with Crippen LogP contribution in [0.15, 0.2) is 36.5 Å². The summed E-state index contributed by atoms with van der Waals surface area (Å²) in [5.41, 5.74) is 1.54. The summed E-state index contributed by atoms with van der Waals surface area (Å²) >= 11 is 0. The maximum atomic E-state index is 13.9. The zero-order valence-electron chi connectivity index (χ0n) is 10.7. The lowest BCUT2D eigenvalue weighted by Gasteiger charge is -2.09. The fourth-order valence-electron chi connectivity index (χ4n) is 1.70. The number of benzene rings is 1. The molecular weight excluding hydrogens is 245 g/mol. The zero-order valence-corrected chi connectivity index (χ0v) is 10.7. The molecule has 1 aromatic heterocycles. The summed E-state index contributed by atoms with van der Waals surface area (Å²) in [6, 6.07) is 8.67. The van der Waals surface area contributed by atoms with Gasteiger partial charge in [0.05, 0.1) is 5.56 Å². The molecule has 0 aliphatic heterocycles. The highest BCUT2D eigenvalue weighted by Gasteiger charge is 2.15. The van der Waals surface area contributed by atoms with E-state index in [4.69, 9.17) is 0 Å². The van der Waals surface area contributed by atoms with Gasteiger partial charge in [-0.15, -0.1) is 0 Å². The van der Waals surface area contributed by atoms with Crippen LogP contribution in [0.4, 0.5) is 15.9 Å². The van der Waals surface area contributed by atoms with E-state index in [-0.39, 0.29) is 11.4 Å². The molecule has 0 unspecified atom stereocenters. The van der Waals surface area contributed by atoms with Crippen molar-refractivity contribution >= 4 is 17.4 Å². The molecule has 1 amide bonds. The summed E-state index contributed by atoms with van der Waals surface area (Å²) in [6.07, 6.45) is 1.39. The van der Waals surface area contributed by atoms with Crippen molar-refractivity contribution in [2.45, 2.75) is 6.92 Å². The first-order chi connectivity index (χ1) is 9.13. The number of halogens is 1. The Morgan fingerprint density at radius 2 is 2.00 bits per heavy atom. The number of carbonyl (C=O) groups excluding carboxylic acids is 1. The molecule has 0 saturated carbocycles. The molecular formula is C14H14FN3O. The summed E-state index contributed by atoms with van der Waals surface area (Å²) in [6.45, 7) is 1.87. The van der Waals surface area contributed by atoms with E-state index in [1.54, 1.807) is 13.1 Å². The summed E-state index contributed by atoms with van der Waals surface area (Å²) in [7, 11) is 1.55. The van der Waals surface area contributed by atoms with Gasteiger partial charge in [-0.1, -0.05) is 18.2 Å². The lowest BCUT2D eigenvalue weighted by molar-refractivity contribution is 0.102. The number of hydrogen-bond acceptors (Lipinski definition) is 3. The number of nitrogens with zero attached hydrogens (tertiary/aromatic N) is 1. The van der Waals surface area contributed by atoms with Gasteiger partial charge >= 0.3 is 0 Å². The highest BCUT2D eigenvalue weighted by molar-refractivity contribution is 6.05. The van der Waals surface area contributed by atoms with E-state index in [1.807, 2.05) is 25.1 Å². The molecule has 0 spiro atoms. The number of anilines is 2. The van der Waals surface area contributed by atoms with Gasteiger partial charge < -0.3 is 10.6 Å². The highest BCUT2D eigenvalue weighted by atomic mass is 19.1. The molecule has 0 atom stereocenters. The van der Waals surface area contributed by atoms with Gasteiger partial charge in [0, 0.05) is 18.9 Å². The fourth-order valence-corrected chi connectivity index (χ4v) is 1.70. The third kappa shape index (κ3) is 2.70. The standard InChI is InChI=1S/C14H14FN3O/c1-9-5-3-4-6-11(9)18-14(19)10-7-8-17-13(16-2)12(10)15/h3-8H,1-2H3,(H,16,17)(H,18,19). The summed E-state index contributed by atoms with van der Waals surface area (Å²) in [5.74, 6) is -1.10. The van der Waals surface area contributed by atoms with Crippen molar-refractivity contribution < 1.29 is 9.18 Å². The Hall–Kier alpha value is -2.43. The summed E-state index contributed by atoms with van der Waals surface area (Å²) in [5, 5.41) is 5.28. The molecule has 0 bridgehead atoms. The molecule has 1 heterocycles. The minimum Gasteiger partial charge on any atom is -0.371 e. The topological polar surface area (TPSA) is 54.0 Å². The normalized spacial score (nSPS) is 10.1. The summed E-state index contributed by atoms with van der Waals surface area (Å²) < 4.78 is 13.9. The average Bonchev–Trinajstić information content (AvgIpc) is 2.41. The highest BCUT2D eigenvalue weighted by Crippen LogP contribution is 2.18. The molecule has 2 rings (SSSR count). The van der Waals surface area contributed by atoms with Crippen molar-refractivity contribution in [1.82, 2.24) is 4.98 Å². The fraction of sp³-hybridized carbons (Fsp3) is 0.143. The first-order valence-corrected chi connectivity index (χ1v) is 5.82. The molecule has 0 radical (unpaired) electrons. The van der Waals surface area contributed by atoms with Gasteiger partial charge in [-0.3, -0.25) is 4.79 Å². The predicted octanol–water partition coefficient (Wildman–Crippen LogP) is 2.82. The lowest BCUT2D eigenvalue weighted by atomic mass is 10.2. The maximum absolute atomic E-state index is 13.9. The molecule has 0 saturated heterocycles. The van der Waals surface area contributed by atoms with E-state index in [2.05, 4.69) is 15.6 Å². The van der Waals surface area contributed by atoms with Crippen molar-refractivity contribution in [3.05, 3.63) is 53.5 Å². The third-order valence-electron chi connectivity index (χ3n) is 2.76. The molecule has 0 aliphatic carbocycles. The van der Waals surface area contributed by atoms with Crippen LogP contribution in [-0.2, 0) is 0 Å². The second-order valence-electron chi connectivity index (χ2n) is 4.04. The molecule has 1 aromatic carbocycles. The Morgan fingerprint density at radius 1 is 1.26 bits per heavy atom. The van der Waals surface area contributed by atoms with E-state index in [0.717, 1.165) is 5.56 Å². The molecule has 2 aromatic rings.